The van der Waals surface area contributed by atoms with Crippen LogP contribution in [0.5, 0.6) is 11.6 Å². The average molecular weight is 445 g/mol. The summed E-state index contributed by atoms with van der Waals surface area (Å²) in [5, 5.41) is 5.04. The molecule has 7 nitrogen and oxygen atoms in total. The van der Waals surface area contributed by atoms with Crippen LogP contribution in [0.4, 0.5) is 13.2 Å². The number of hydrogen-bond acceptors (Lipinski definition) is 6. The van der Waals surface area contributed by atoms with Crippen LogP contribution in [0.1, 0.15) is 11.3 Å². The number of nitrogens with two attached hydrogens (primary N) is 1. The molecule has 0 bridgehead atoms. The first-order valence-electron chi connectivity index (χ1n) is 7.84. The van der Waals surface area contributed by atoms with E-state index < -0.39 is 27.5 Å². The summed E-state index contributed by atoms with van der Waals surface area (Å²) in [4.78, 5) is 12.2. The smallest absolute Gasteiger partial charge is 0.416 e. The molecule has 0 saturated heterocycles. The van der Waals surface area contributed by atoms with Crippen LogP contribution < -0.4 is 9.88 Å². The standard InChI is InChI=1S/C17H12ClF3N4O3S/c18-13-7-10(8-25-14(13)9-29(22,26)27)15-16(24-6-5-23-15)28-12-3-1-11(2-4-12)17(19,20)21/h1-8H,9H2,(H2,22,26,27). The number of halogens is 4. The van der Waals surface area contributed by atoms with Gasteiger partial charge in [-0.3, -0.25) is 4.98 Å². The largest absolute Gasteiger partial charge is 0.437 e. The summed E-state index contributed by atoms with van der Waals surface area (Å²) in [6.07, 6.45) is -0.429. The van der Waals surface area contributed by atoms with Crippen LogP contribution in [0, 0.1) is 0 Å². The summed E-state index contributed by atoms with van der Waals surface area (Å²) in [5.74, 6) is -0.421. The predicted molar refractivity (Wildman–Crippen MR) is 98.6 cm³/mol. The van der Waals surface area contributed by atoms with Crippen molar-refractivity contribution in [3.63, 3.8) is 0 Å². The first kappa shape index (κ1) is 21.0. The molecule has 2 N–H and O–H groups in total. The molecule has 2 heterocycles. The normalized spacial score (nSPS) is 12.0. The number of nitrogens with zero attached hydrogens (tertiary/aromatic N) is 3. The van der Waals surface area contributed by atoms with E-state index in [0.29, 0.717) is 5.56 Å². The van der Waals surface area contributed by atoms with E-state index in [-0.39, 0.29) is 28.0 Å². The van der Waals surface area contributed by atoms with E-state index >= 15 is 0 Å². The topological polar surface area (TPSA) is 108 Å². The zero-order chi connectivity index (χ0) is 21.2. The Morgan fingerprint density at radius 3 is 2.31 bits per heavy atom. The molecule has 12 heteroatoms. The average Bonchev–Trinajstić information content (AvgIpc) is 2.63. The highest BCUT2D eigenvalue weighted by molar-refractivity contribution is 7.88. The number of benzene rings is 1. The summed E-state index contributed by atoms with van der Waals surface area (Å²) in [5.41, 5.74) is -0.176. The summed E-state index contributed by atoms with van der Waals surface area (Å²) >= 11 is 6.08. The fourth-order valence-electron chi connectivity index (χ4n) is 2.31. The Balaban J connectivity index is 1.90. The van der Waals surface area contributed by atoms with Crippen LogP contribution in [0.25, 0.3) is 11.3 Å². The molecule has 29 heavy (non-hydrogen) atoms. The van der Waals surface area contributed by atoms with Crippen molar-refractivity contribution in [1.82, 2.24) is 15.0 Å². The molecule has 3 rings (SSSR count). The van der Waals surface area contributed by atoms with E-state index in [0.717, 1.165) is 24.3 Å². The van der Waals surface area contributed by atoms with Gasteiger partial charge in [0.1, 0.15) is 17.2 Å². The Kier molecular flexibility index (Phi) is 5.73. The molecule has 0 amide bonds. The third-order valence-corrected chi connectivity index (χ3v) is 4.59. The van der Waals surface area contributed by atoms with Gasteiger partial charge < -0.3 is 4.74 Å². The number of ether oxygens (including phenoxy) is 1. The Bertz CT molecular complexity index is 1140. The molecule has 0 spiro atoms. The predicted octanol–water partition coefficient (Wildman–Crippen LogP) is 3.79. The molecule has 0 radical (unpaired) electrons. The number of hydrogen-bond donors (Lipinski definition) is 1. The molecule has 0 unspecified atom stereocenters. The lowest BCUT2D eigenvalue weighted by atomic mass is 10.2. The maximum atomic E-state index is 12.7. The van der Waals surface area contributed by atoms with Gasteiger partial charge in [-0.1, -0.05) is 11.6 Å². The van der Waals surface area contributed by atoms with E-state index in [1.165, 1.54) is 24.7 Å². The van der Waals surface area contributed by atoms with Crippen LogP contribution in [0.2, 0.25) is 5.02 Å². The molecule has 152 valence electrons. The highest BCUT2D eigenvalue weighted by Crippen LogP contribution is 2.34. The highest BCUT2D eigenvalue weighted by Gasteiger charge is 2.30. The van der Waals surface area contributed by atoms with Gasteiger partial charge in [0.25, 0.3) is 0 Å². The van der Waals surface area contributed by atoms with Gasteiger partial charge in [-0.2, -0.15) is 13.2 Å². The van der Waals surface area contributed by atoms with Gasteiger partial charge in [-0.15, -0.1) is 0 Å². The molecule has 0 aliphatic rings. The second-order valence-corrected chi connectivity index (χ2v) is 7.82. The zero-order valence-electron chi connectivity index (χ0n) is 14.4. The summed E-state index contributed by atoms with van der Waals surface area (Å²) in [6.45, 7) is 0. The molecule has 0 aliphatic carbocycles. The number of rotatable bonds is 5. The molecular weight excluding hydrogens is 433 g/mol. The maximum absolute atomic E-state index is 12.7. The van der Waals surface area contributed by atoms with Gasteiger partial charge in [0, 0.05) is 24.2 Å². The van der Waals surface area contributed by atoms with Crippen LogP contribution in [0.3, 0.4) is 0 Å². The van der Waals surface area contributed by atoms with Crippen molar-refractivity contribution in [1.29, 1.82) is 0 Å². The minimum atomic E-state index is -4.46. The molecule has 0 atom stereocenters. The number of pyridine rings is 1. The van der Waals surface area contributed by atoms with Crippen LogP contribution in [-0.4, -0.2) is 23.4 Å². The second kappa shape index (κ2) is 7.93. The number of aromatic nitrogens is 3. The van der Waals surface area contributed by atoms with Crippen LogP contribution in [-0.2, 0) is 22.0 Å². The first-order chi connectivity index (χ1) is 13.5. The van der Waals surface area contributed by atoms with E-state index in [4.69, 9.17) is 21.5 Å². The van der Waals surface area contributed by atoms with Crippen molar-refractivity contribution in [2.75, 3.05) is 0 Å². The van der Waals surface area contributed by atoms with Gasteiger partial charge in [0.15, 0.2) is 0 Å². The van der Waals surface area contributed by atoms with Crippen molar-refractivity contribution in [3.05, 3.63) is 65.2 Å². The fraction of sp³-hybridized carbons (Fsp3) is 0.118. The van der Waals surface area contributed by atoms with Gasteiger partial charge in [0.05, 0.1) is 16.3 Å². The summed E-state index contributed by atoms with van der Waals surface area (Å²) < 4.78 is 66.0. The van der Waals surface area contributed by atoms with Gasteiger partial charge in [-0.25, -0.2) is 23.5 Å². The quantitative estimate of drug-likeness (QED) is 0.641. The molecule has 0 aliphatic heterocycles. The lowest BCUT2D eigenvalue weighted by Gasteiger charge is -2.11. The number of sulfonamides is 1. The van der Waals surface area contributed by atoms with Gasteiger partial charge >= 0.3 is 6.18 Å². The fourth-order valence-corrected chi connectivity index (χ4v) is 3.24. The van der Waals surface area contributed by atoms with Crippen LogP contribution >= 0.6 is 11.6 Å². The maximum Gasteiger partial charge on any atom is 0.416 e. The SMILES string of the molecule is NS(=O)(=O)Cc1ncc(-c2nccnc2Oc2ccc(C(F)(F)F)cc2)cc1Cl. The van der Waals surface area contributed by atoms with Gasteiger partial charge in [0.2, 0.25) is 15.9 Å². The van der Waals surface area contributed by atoms with E-state index in [9.17, 15) is 21.6 Å². The van der Waals surface area contributed by atoms with Gasteiger partial charge in [-0.05, 0) is 30.3 Å². The molecule has 0 saturated carbocycles. The Morgan fingerprint density at radius 1 is 1.07 bits per heavy atom. The van der Waals surface area contributed by atoms with E-state index in [1.807, 2.05) is 0 Å². The third kappa shape index (κ3) is 5.40. The van der Waals surface area contributed by atoms with Crippen molar-refractivity contribution in [2.24, 2.45) is 5.14 Å². The lowest BCUT2D eigenvalue weighted by Crippen LogP contribution is -2.15. The monoisotopic (exact) mass is 444 g/mol. The Morgan fingerprint density at radius 2 is 1.72 bits per heavy atom. The molecule has 2 aromatic heterocycles. The molecule has 1 aromatic carbocycles. The van der Waals surface area contributed by atoms with E-state index in [1.54, 1.807) is 0 Å². The third-order valence-electron chi connectivity index (χ3n) is 3.59. The molecule has 3 aromatic rings. The lowest BCUT2D eigenvalue weighted by molar-refractivity contribution is -0.137. The Hall–Kier alpha value is -2.76. The first-order valence-corrected chi connectivity index (χ1v) is 9.93. The number of alkyl halides is 3. The molecule has 0 fully saturated rings. The second-order valence-electron chi connectivity index (χ2n) is 5.79. The summed E-state index contributed by atoms with van der Waals surface area (Å²) in [7, 11) is -3.82. The van der Waals surface area contributed by atoms with Crippen molar-refractivity contribution in [2.45, 2.75) is 11.9 Å². The molecular formula is C17H12ClF3N4O3S. The van der Waals surface area contributed by atoms with E-state index in [2.05, 4.69) is 15.0 Å². The van der Waals surface area contributed by atoms with Crippen molar-refractivity contribution < 1.29 is 26.3 Å². The minimum Gasteiger partial charge on any atom is -0.437 e. The zero-order valence-corrected chi connectivity index (χ0v) is 16.0. The highest BCUT2D eigenvalue weighted by atomic mass is 35.5. The van der Waals surface area contributed by atoms with Crippen molar-refractivity contribution in [3.8, 4) is 22.9 Å². The number of primary sulfonamides is 1. The summed E-state index contributed by atoms with van der Waals surface area (Å²) in [6, 6.07) is 5.49. The Labute approximate surface area is 168 Å². The minimum absolute atomic E-state index is 0.00400. The van der Waals surface area contributed by atoms with Crippen LogP contribution in [0.15, 0.2) is 48.9 Å². The van der Waals surface area contributed by atoms with Crippen molar-refractivity contribution >= 4 is 21.6 Å².